The topological polar surface area (TPSA) is 89.6 Å². The Morgan fingerprint density at radius 2 is 2.10 bits per heavy atom. The van der Waals surface area contributed by atoms with Crippen LogP contribution in [0.5, 0.6) is 0 Å². The summed E-state index contributed by atoms with van der Waals surface area (Å²) >= 11 is 0. The van der Waals surface area contributed by atoms with Crippen molar-refractivity contribution in [1.82, 2.24) is 0 Å². The Labute approximate surface area is 58.9 Å². The maximum absolute atomic E-state index is 10.4. The molecule has 2 unspecified atom stereocenters. The first-order chi connectivity index (χ1) is 4.52. The maximum atomic E-state index is 10.4. The average Bonchev–Trinajstić information content (AvgIpc) is 2.11. The summed E-state index contributed by atoms with van der Waals surface area (Å²) < 4.78 is 34.1. The number of hydrogen-bond donors (Lipinski definition) is 2. The Hall–Kier alpha value is -0.170. The fourth-order valence-electron chi connectivity index (χ4n) is 0.858. The lowest BCUT2D eigenvalue weighted by Crippen LogP contribution is -2.38. The molecule has 3 N–H and O–H groups in total. The summed E-state index contributed by atoms with van der Waals surface area (Å²) in [6.07, 6.45) is 0. The van der Waals surface area contributed by atoms with Gasteiger partial charge in [-0.2, -0.15) is 8.42 Å². The van der Waals surface area contributed by atoms with Crippen molar-refractivity contribution in [2.45, 2.75) is 11.3 Å². The van der Waals surface area contributed by atoms with Crippen LogP contribution in [0.15, 0.2) is 0 Å². The van der Waals surface area contributed by atoms with Crippen LogP contribution in [0.2, 0.25) is 0 Å². The van der Waals surface area contributed by atoms with E-state index in [9.17, 15) is 8.42 Å². The lowest BCUT2D eigenvalue weighted by atomic mass is 10.3. The predicted molar refractivity (Wildman–Crippen MR) is 34.1 cm³/mol. The second-order valence-electron chi connectivity index (χ2n) is 2.25. The van der Waals surface area contributed by atoms with Gasteiger partial charge in [0.1, 0.15) is 5.25 Å². The third-order valence-electron chi connectivity index (χ3n) is 1.45. The highest BCUT2D eigenvalue weighted by atomic mass is 32.2. The molecule has 1 aliphatic heterocycles. The molecule has 1 rings (SSSR count). The number of nitrogens with two attached hydrogens (primary N) is 1. The van der Waals surface area contributed by atoms with Gasteiger partial charge in [0.15, 0.2) is 0 Å². The molecule has 10 heavy (non-hydrogen) atoms. The minimum atomic E-state index is -4.00. The second-order valence-corrected chi connectivity index (χ2v) is 3.89. The van der Waals surface area contributed by atoms with Gasteiger partial charge >= 0.3 is 0 Å². The molecule has 0 aliphatic carbocycles. The molecule has 1 aliphatic rings. The van der Waals surface area contributed by atoms with E-state index < -0.39 is 21.4 Å². The van der Waals surface area contributed by atoms with Crippen LogP contribution >= 0.6 is 0 Å². The zero-order chi connectivity index (χ0) is 7.78. The van der Waals surface area contributed by atoms with E-state index in [1.54, 1.807) is 0 Å². The molecule has 5 nitrogen and oxygen atoms in total. The molecule has 6 heteroatoms. The first kappa shape index (κ1) is 7.93. The van der Waals surface area contributed by atoms with Crippen LogP contribution < -0.4 is 5.73 Å². The summed E-state index contributed by atoms with van der Waals surface area (Å²) in [5.41, 5.74) is 5.30. The van der Waals surface area contributed by atoms with Crippen molar-refractivity contribution < 1.29 is 17.7 Å². The maximum Gasteiger partial charge on any atom is 0.271 e. The van der Waals surface area contributed by atoms with E-state index in [1.165, 1.54) is 0 Å². The van der Waals surface area contributed by atoms with Gasteiger partial charge in [-0.3, -0.25) is 4.55 Å². The summed E-state index contributed by atoms with van der Waals surface area (Å²) in [6.45, 7) is 0.199. The molecule has 1 fully saturated rings. The van der Waals surface area contributed by atoms with E-state index in [0.29, 0.717) is 0 Å². The van der Waals surface area contributed by atoms with Crippen LogP contribution in [0.25, 0.3) is 0 Å². The first-order valence-electron chi connectivity index (χ1n) is 2.81. The van der Waals surface area contributed by atoms with Crippen LogP contribution in [0.1, 0.15) is 0 Å². The van der Waals surface area contributed by atoms with E-state index in [4.69, 9.17) is 15.0 Å². The molecular formula is C4H9NO4S. The second kappa shape index (κ2) is 2.46. The normalized spacial score (nSPS) is 34.6. The molecule has 0 aromatic carbocycles. The van der Waals surface area contributed by atoms with Crippen molar-refractivity contribution in [1.29, 1.82) is 0 Å². The third-order valence-corrected chi connectivity index (χ3v) is 2.70. The monoisotopic (exact) mass is 167 g/mol. The molecule has 1 heterocycles. The van der Waals surface area contributed by atoms with E-state index in [-0.39, 0.29) is 13.2 Å². The molecule has 0 radical (unpaired) electrons. The van der Waals surface area contributed by atoms with Crippen molar-refractivity contribution in [2.75, 3.05) is 13.2 Å². The van der Waals surface area contributed by atoms with Gasteiger partial charge in [-0.15, -0.1) is 0 Å². The Kier molecular flexibility index (Phi) is 1.95. The van der Waals surface area contributed by atoms with Gasteiger partial charge in [-0.25, -0.2) is 0 Å². The van der Waals surface area contributed by atoms with Gasteiger partial charge in [0.05, 0.1) is 13.2 Å². The Morgan fingerprint density at radius 1 is 1.50 bits per heavy atom. The van der Waals surface area contributed by atoms with Gasteiger partial charge in [-0.1, -0.05) is 0 Å². The minimum Gasteiger partial charge on any atom is -0.378 e. The van der Waals surface area contributed by atoms with E-state index >= 15 is 0 Å². The van der Waals surface area contributed by atoms with Crippen LogP contribution in [0.4, 0.5) is 0 Å². The first-order valence-corrected chi connectivity index (χ1v) is 4.32. The highest BCUT2D eigenvalue weighted by Gasteiger charge is 2.34. The molecule has 0 aromatic rings. The fourth-order valence-corrected chi connectivity index (χ4v) is 1.65. The molecule has 2 atom stereocenters. The van der Waals surface area contributed by atoms with Crippen LogP contribution in [0, 0.1) is 0 Å². The Bertz CT molecular complexity index is 211. The quantitative estimate of drug-likeness (QED) is 0.469. The summed E-state index contributed by atoms with van der Waals surface area (Å²) in [5.74, 6) is 0. The van der Waals surface area contributed by atoms with Gasteiger partial charge in [-0.05, 0) is 0 Å². The fraction of sp³-hybridized carbons (Fsp3) is 1.00. The number of hydrogen-bond acceptors (Lipinski definition) is 4. The van der Waals surface area contributed by atoms with Gasteiger partial charge in [0.2, 0.25) is 0 Å². The minimum absolute atomic E-state index is 0. The molecule has 0 amide bonds. The molecule has 0 bridgehead atoms. The zero-order valence-corrected chi connectivity index (χ0v) is 6.04. The van der Waals surface area contributed by atoms with E-state index in [0.717, 1.165) is 0 Å². The molecular weight excluding hydrogens is 158 g/mol. The highest BCUT2D eigenvalue weighted by Crippen LogP contribution is 2.10. The number of rotatable bonds is 1. The van der Waals surface area contributed by atoms with Crippen molar-refractivity contribution in [3.05, 3.63) is 0 Å². The van der Waals surface area contributed by atoms with Crippen molar-refractivity contribution in [3.63, 3.8) is 0 Å². The molecule has 0 saturated carbocycles. The SMILES string of the molecule is NC1COCC1S(=O)(=O)O. The van der Waals surface area contributed by atoms with Gasteiger partial charge in [0, 0.05) is 6.04 Å². The average molecular weight is 167 g/mol. The predicted octanol–water partition coefficient (Wildman–Crippen LogP) is -1.40. The van der Waals surface area contributed by atoms with Gasteiger partial charge in [0.25, 0.3) is 10.1 Å². The Balaban J connectivity index is 2.74. The van der Waals surface area contributed by atoms with Crippen LogP contribution in [-0.2, 0) is 14.9 Å². The smallest absolute Gasteiger partial charge is 0.271 e. The molecule has 1 saturated heterocycles. The third kappa shape index (κ3) is 1.46. The summed E-state index contributed by atoms with van der Waals surface area (Å²) in [5, 5.41) is -0.938. The van der Waals surface area contributed by atoms with Crippen molar-refractivity contribution in [3.8, 4) is 0 Å². The zero-order valence-electron chi connectivity index (χ0n) is 5.23. The molecule has 60 valence electrons. The van der Waals surface area contributed by atoms with E-state index in [2.05, 4.69) is 0 Å². The highest BCUT2D eigenvalue weighted by molar-refractivity contribution is 7.86. The van der Waals surface area contributed by atoms with Gasteiger partial charge < -0.3 is 10.5 Å². The molecule has 0 spiro atoms. The van der Waals surface area contributed by atoms with E-state index in [1.807, 2.05) is 0 Å². The molecule has 0 aromatic heterocycles. The van der Waals surface area contributed by atoms with Crippen molar-refractivity contribution in [2.24, 2.45) is 5.73 Å². The van der Waals surface area contributed by atoms with Crippen molar-refractivity contribution >= 4 is 10.1 Å². The van der Waals surface area contributed by atoms with Crippen LogP contribution in [0.3, 0.4) is 0 Å². The Morgan fingerprint density at radius 3 is 2.30 bits per heavy atom. The summed E-state index contributed by atoms with van der Waals surface area (Å²) in [7, 11) is -4.00. The summed E-state index contributed by atoms with van der Waals surface area (Å²) in [4.78, 5) is 0. The standard InChI is InChI=1S/C4H9NO4S/c5-3-1-9-2-4(3)10(6,7)8/h3-4H,1-2,5H2,(H,6,7,8). The largest absolute Gasteiger partial charge is 0.378 e. The lowest BCUT2D eigenvalue weighted by Gasteiger charge is -2.07. The lowest BCUT2D eigenvalue weighted by molar-refractivity contribution is 0.194. The number of ether oxygens (including phenoxy) is 1. The summed E-state index contributed by atoms with van der Waals surface area (Å²) in [6, 6.07) is -0.588. The van der Waals surface area contributed by atoms with Crippen LogP contribution in [-0.4, -0.2) is 37.5 Å².